The van der Waals surface area contributed by atoms with Crippen LogP contribution in [-0.4, -0.2) is 29.2 Å². The zero-order valence-corrected chi connectivity index (χ0v) is 16.4. The summed E-state index contributed by atoms with van der Waals surface area (Å²) in [4.78, 5) is 30.0. The van der Waals surface area contributed by atoms with Crippen molar-refractivity contribution in [3.63, 3.8) is 0 Å². The second-order valence-electron chi connectivity index (χ2n) is 6.71. The first kappa shape index (κ1) is 21.5. The summed E-state index contributed by atoms with van der Waals surface area (Å²) in [5.74, 6) is -0.243. The Morgan fingerprint density at radius 1 is 1.17 bits per heavy atom. The van der Waals surface area contributed by atoms with Crippen LogP contribution in [-0.2, 0) is 17.5 Å². The second kappa shape index (κ2) is 8.66. The van der Waals surface area contributed by atoms with E-state index in [1.807, 2.05) is 0 Å². The van der Waals surface area contributed by atoms with Gasteiger partial charge in [0.1, 0.15) is 5.82 Å². The molecule has 2 aromatic carbocycles. The summed E-state index contributed by atoms with van der Waals surface area (Å²) >= 11 is 0. The van der Waals surface area contributed by atoms with Crippen molar-refractivity contribution in [1.29, 1.82) is 0 Å². The molecule has 6 nitrogen and oxygen atoms in total. The average Bonchev–Trinajstić information content (AvgIpc) is 2.72. The molecule has 9 heteroatoms. The van der Waals surface area contributed by atoms with Crippen LogP contribution in [0.1, 0.15) is 34.7 Å². The Morgan fingerprint density at radius 3 is 2.47 bits per heavy atom. The van der Waals surface area contributed by atoms with Crippen molar-refractivity contribution in [3.8, 4) is 0 Å². The van der Waals surface area contributed by atoms with E-state index in [1.54, 1.807) is 31.2 Å². The Labute approximate surface area is 170 Å². The molecule has 3 rings (SSSR count). The molecule has 1 N–H and O–H groups in total. The molecule has 1 amide bonds. The number of fused-ring (bicyclic) bond motifs is 1. The lowest BCUT2D eigenvalue weighted by atomic mass is 10.1. The lowest BCUT2D eigenvalue weighted by Crippen LogP contribution is -2.34. The first-order valence-corrected chi connectivity index (χ1v) is 9.19. The lowest BCUT2D eigenvalue weighted by Gasteiger charge is -2.19. The number of hydrogen-bond acceptors (Lipinski definition) is 4. The van der Waals surface area contributed by atoms with E-state index in [4.69, 9.17) is 4.74 Å². The van der Waals surface area contributed by atoms with E-state index in [1.165, 1.54) is 11.7 Å². The minimum absolute atomic E-state index is 0.0708. The van der Waals surface area contributed by atoms with Gasteiger partial charge < -0.3 is 10.1 Å². The standard InChI is InChI=1S/C21H20F3N3O3/c1-13(25-19(28)14-7-9-15(10-8-14)21(22,23)24)18-26-17-6-4-3-5-16(17)20(29)27(18)11-12-30-2/h3-10,13H,11-12H2,1-2H3,(H,25,28). The van der Waals surface area contributed by atoms with Crippen molar-refractivity contribution in [3.05, 3.63) is 75.8 Å². The number of rotatable bonds is 6. The molecule has 0 saturated heterocycles. The number of benzene rings is 2. The molecule has 3 aromatic rings. The van der Waals surface area contributed by atoms with Crippen molar-refractivity contribution in [2.24, 2.45) is 0 Å². The van der Waals surface area contributed by atoms with Gasteiger partial charge in [0.05, 0.1) is 35.7 Å². The van der Waals surface area contributed by atoms with Crippen LogP contribution in [0.3, 0.4) is 0 Å². The third-order valence-corrected chi connectivity index (χ3v) is 4.62. The maximum atomic E-state index is 12.9. The van der Waals surface area contributed by atoms with Crippen LogP contribution in [0.2, 0.25) is 0 Å². The summed E-state index contributed by atoms with van der Waals surface area (Å²) in [6.07, 6.45) is -4.48. The molecule has 1 unspecified atom stereocenters. The van der Waals surface area contributed by atoms with Crippen LogP contribution in [0, 0.1) is 0 Å². The molecule has 0 spiro atoms. The molecular formula is C21H20F3N3O3. The number of nitrogens with one attached hydrogen (secondary N) is 1. The normalized spacial score (nSPS) is 12.7. The average molecular weight is 419 g/mol. The monoisotopic (exact) mass is 419 g/mol. The number of methoxy groups -OCH3 is 1. The fourth-order valence-electron chi connectivity index (χ4n) is 3.07. The van der Waals surface area contributed by atoms with Gasteiger partial charge in [0.2, 0.25) is 0 Å². The van der Waals surface area contributed by atoms with E-state index in [9.17, 15) is 22.8 Å². The predicted octanol–water partition coefficient (Wildman–Crippen LogP) is 3.55. The number of para-hydroxylation sites is 1. The highest BCUT2D eigenvalue weighted by Gasteiger charge is 2.30. The first-order valence-electron chi connectivity index (χ1n) is 9.19. The Hall–Kier alpha value is -3.20. The predicted molar refractivity (Wildman–Crippen MR) is 105 cm³/mol. The SMILES string of the molecule is COCCn1c(C(C)NC(=O)c2ccc(C(F)(F)F)cc2)nc2ccccc2c1=O. The van der Waals surface area contributed by atoms with Gasteiger partial charge in [-0.05, 0) is 43.3 Å². The van der Waals surface area contributed by atoms with Crippen LogP contribution in [0.5, 0.6) is 0 Å². The van der Waals surface area contributed by atoms with Crippen molar-refractivity contribution in [2.45, 2.75) is 25.7 Å². The minimum Gasteiger partial charge on any atom is -0.383 e. The van der Waals surface area contributed by atoms with Crippen molar-refractivity contribution < 1.29 is 22.7 Å². The van der Waals surface area contributed by atoms with Crippen LogP contribution in [0.15, 0.2) is 53.3 Å². The molecule has 0 fully saturated rings. The van der Waals surface area contributed by atoms with E-state index >= 15 is 0 Å². The third-order valence-electron chi connectivity index (χ3n) is 4.62. The fourth-order valence-corrected chi connectivity index (χ4v) is 3.07. The smallest absolute Gasteiger partial charge is 0.383 e. The summed E-state index contributed by atoms with van der Waals surface area (Å²) in [5.41, 5.74) is -0.539. The molecule has 1 atom stereocenters. The summed E-state index contributed by atoms with van der Waals surface area (Å²) in [5, 5.41) is 3.14. The van der Waals surface area contributed by atoms with Gasteiger partial charge in [-0.25, -0.2) is 4.98 Å². The fraction of sp³-hybridized carbons (Fsp3) is 0.286. The number of halogens is 3. The first-order chi connectivity index (χ1) is 14.2. The highest BCUT2D eigenvalue weighted by Crippen LogP contribution is 2.29. The largest absolute Gasteiger partial charge is 0.416 e. The van der Waals surface area contributed by atoms with Gasteiger partial charge in [-0.2, -0.15) is 13.2 Å². The zero-order valence-electron chi connectivity index (χ0n) is 16.4. The molecule has 0 bridgehead atoms. The molecule has 0 aliphatic heterocycles. The van der Waals surface area contributed by atoms with Crippen molar-refractivity contribution in [2.75, 3.05) is 13.7 Å². The Balaban J connectivity index is 1.91. The molecule has 0 radical (unpaired) electrons. The van der Waals surface area contributed by atoms with Gasteiger partial charge in [-0.15, -0.1) is 0 Å². The molecule has 0 saturated carbocycles. The molecule has 0 aliphatic carbocycles. The van der Waals surface area contributed by atoms with Crippen molar-refractivity contribution in [1.82, 2.24) is 14.9 Å². The minimum atomic E-state index is -4.48. The van der Waals surface area contributed by atoms with Gasteiger partial charge in [0, 0.05) is 12.7 Å². The van der Waals surface area contributed by atoms with Crippen LogP contribution in [0.4, 0.5) is 13.2 Å². The Bertz CT molecular complexity index is 1110. The highest BCUT2D eigenvalue weighted by molar-refractivity contribution is 5.94. The quantitative estimate of drug-likeness (QED) is 0.663. The van der Waals surface area contributed by atoms with Crippen LogP contribution >= 0.6 is 0 Å². The zero-order chi connectivity index (χ0) is 21.9. The number of nitrogens with zero attached hydrogens (tertiary/aromatic N) is 2. The molecule has 1 aromatic heterocycles. The number of aromatic nitrogens is 2. The van der Waals surface area contributed by atoms with Gasteiger partial charge in [-0.1, -0.05) is 12.1 Å². The molecule has 0 aliphatic rings. The summed E-state index contributed by atoms with van der Waals surface area (Å²) in [6, 6.07) is 10.1. The summed E-state index contributed by atoms with van der Waals surface area (Å²) < 4.78 is 44.6. The van der Waals surface area contributed by atoms with E-state index in [-0.39, 0.29) is 24.3 Å². The highest BCUT2D eigenvalue weighted by atomic mass is 19.4. The van der Waals surface area contributed by atoms with Gasteiger partial charge in [0.15, 0.2) is 0 Å². The topological polar surface area (TPSA) is 73.2 Å². The number of alkyl halides is 3. The molecule has 158 valence electrons. The second-order valence-corrected chi connectivity index (χ2v) is 6.71. The van der Waals surface area contributed by atoms with Crippen LogP contribution in [0.25, 0.3) is 10.9 Å². The number of carbonyl (C=O) groups is 1. The number of amides is 1. The van der Waals surface area contributed by atoms with E-state index in [2.05, 4.69) is 10.3 Å². The van der Waals surface area contributed by atoms with Gasteiger partial charge in [0.25, 0.3) is 11.5 Å². The maximum Gasteiger partial charge on any atom is 0.416 e. The van der Waals surface area contributed by atoms with Gasteiger partial charge in [-0.3, -0.25) is 14.2 Å². The van der Waals surface area contributed by atoms with Crippen molar-refractivity contribution >= 4 is 16.8 Å². The lowest BCUT2D eigenvalue weighted by molar-refractivity contribution is -0.137. The Kier molecular flexibility index (Phi) is 6.21. The Morgan fingerprint density at radius 2 is 1.83 bits per heavy atom. The third kappa shape index (κ3) is 4.51. The van der Waals surface area contributed by atoms with E-state index in [0.717, 1.165) is 24.3 Å². The van der Waals surface area contributed by atoms with Gasteiger partial charge >= 0.3 is 6.18 Å². The van der Waals surface area contributed by atoms with Crippen LogP contribution < -0.4 is 10.9 Å². The molecule has 1 heterocycles. The summed E-state index contributed by atoms with van der Waals surface area (Å²) in [7, 11) is 1.51. The number of carbonyl (C=O) groups excluding carboxylic acids is 1. The number of hydrogen-bond donors (Lipinski definition) is 1. The maximum absolute atomic E-state index is 12.9. The molecular weight excluding hydrogens is 399 g/mol. The number of ether oxygens (including phenoxy) is 1. The molecule has 30 heavy (non-hydrogen) atoms. The van der Waals surface area contributed by atoms with E-state index < -0.39 is 23.7 Å². The summed E-state index contributed by atoms with van der Waals surface area (Å²) in [6.45, 7) is 2.16. The van der Waals surface area contributed by atoms with E-state index in [0.29, 0.717) is 16.7 Å².